The average molecular weight is 317 g/mol. The molecule has 0 amide bonds. The van der Waals surface area contributed by atoms with Gasteiger partial charge in [0.25, 0.3) is 10.0 Å². The lowest BCUT2D eigenvalue weighted by atomic mass is 10.1. The van der Waals surface area contributed by atoms with Crippen LogP contribution in [0.4, 0.5) is 8.78 Å². The number of halogens is 2. The van der Waals surface area contributed by atoms with Gasteiger partial charge in [0, 0.05) is 10.9 Å². The molecule has 0 fully saturated rings. The molecule has 0 aliphatic rings. The highest BCUT2D eigenvalue weighted by molar-refractivity contribution is 7.91. The normalized spacial score (nSPS) is 13.4. The van der Waals surface area contributed by atoms with Crippen LogP contribution in [0.3, 0.4) is 0 Å². The van der Waals surface area contributed by atoms with Crippen LogP contribution in [0.15, 0.2) is 34.5 Å². The number of sulfonamides is 1. The Labute approximate surface area is 120 Å². The Morgan fingerprint density at radius 1 is 1.15 bits per heavy atom. The zero-order chi connectivity index (χ0) is 14.9. The summed E-state index contributed by atoms with van der Waals surface area (Å²) in [6, 6.07) is 5.89. The van der Waals surface area contributed by atoms with Crippen LogP contribution in [0.5, 0.6) is 0 Å². The zero-order valence-electron chi connectivity index (χ0n) is 10.9. The number of hydrogen-bond acceptors (Lipinski definition) is 3. The quantitative estimate of drug-likeness (QED) is 0.940. The lowest BCUT2D eigenvalue weighted by molar-refractivity contribution is 0.504. The van der Waals surface area contributed by atoms with E-state index in [2.05, 4.69) is 4.72 Å². The van der Waals surface area contributed by atoms with Crippen molar-refractivity contribution in [2.45, 2.75) is 24.1 Å². The molecule has 2 rings (SSSR count). The number of thiophene rings is 1. The SMILES string of the molecule is Cc1ccc(S(=O)(=O)NC(C)c2ccc(F)c(F)c2)s1. The van der Waals surface area contributed by atoms with Crippen LogP contribution in [-0.2, 0) is 10.0 Å². The standard InChI is InChI=1S/C13H13F2NO2S2/c1-8-3-6-13(19-8)20(17,18)16-9(2)10-4-5-11(14)12(15)7-10/h3-7,9,16H,1-2H3. The molecule has 20 heavy (non-hydrogen) atoms. The monoisotopic (exact) mass is 317 g/mol. The third-order valence-corrected chi connectivity index (χ3v) is 5.79. The number of benzene rings is 1. The highest BCUT2D eigenvalue weighted by Gasteiger charge is 2.20. The van der Waals surface area contributed by atoms with E-state index in [-0.39, 0.29) is 4.21 Å². The maximum Gasteiger partial charge on any atom is 0.250 e. The van der Waals surface area contributed by atoms with E-state index in [1.807, 2.05) is 6.92 Å². The predicted molar refractivity (Wildman–Crippen MR) is 74.2 cm³/mol. The summed E-state index contributed by atoms with van der Waals surface area (Å²) in [7, 11) is -3.66. The largest absolute Gasteiger partial charge is 0.250 e. The van der Waals surface area contributed by atoms with Gasteiger partial charge in [0.2, 0.25) is 0 Å². The second-order valence-corrected chi connectivity index (χ2v) is 7.61. The number of hydrogen-bond donors (Lipinski definition) is 1. The van der Waals surface area contributed by atoms with Gasteiger partial charge in [0.1, 0.15) is 4.21 Å². The smallest absolute Gasteiger partial charge is 0.206 e. The van der Waals surface area contributed by atoms with E-state index in [9.17, 15) is 17.2 Å². The van der Waals surface area contributed by atoms with E-state index in [1.54, 1.807) is 13.0 Å². The highest BCUT2D eigenvalue weighted by Crippen LogP contribution is 2.23. The fraction of sp³-hybridized carbons (Fsp3) is 0.231. The van der Waals surface area contributed by atoms with Crippen molar-refractivity contribution in [1.82, 2.24) is 4.72 Å². The Bertz CT molecular complexity index is 726. The summed E-state index contributed by atoms with van der Waals surface area (Å²) in [4.78, 5) is 0.880. The molecule has 0 spiro atoms. The van der Waals surface area contributed by atoms with Crippen molar-refractivity contribution in [3.63, 3.8) is 0 Å². The lowest BCUT2D eigenvalue weighted by Crippen LogP contribution is -2.26. The lowest BCUT2D eigenvalue weighted by Gasteiger charge is -2.14. The minimum absolute atomic E-state index is 0.199. The average Bonchev–Trinajstić information content (AvgIpc) is 2.79. The Kier molecular flexibility index (Phi) is 4.22. The van der Waals surface area contributed by atoms with Crippen molar-refractivity contribution < 1.29 is 17.2 Å². The molecule has 1 atom stereocenters. The first kappa shape index (κ1) is 15.1. The fourth-order valence-electron chi connectivity index (χ4n) is 1.70. The van der Waals surface area contributed by atoms with Gasteiger partial charge in [-0.1, -0.05) is 6.07 Å². The molecule has 2 aromatic rings. The molecule has 3 nitrogen and oxygen atoms in total. The van der Waals surface area contributed by atoms with Gasteiger partial charge in [-0.3, -0.25) is 0 Å². The Morgan fingerprint density at radius 3 is 2.40 bits per heavy atom. The van der Waals surface area contributed by atoms with Crippen LogP contribution in [0.2, 0.25) is 0 Å². The van der Waals surface area contributed by atoms with Crippen molar-refractivity contribution in [3.8, 4) is 0 Å². The minimum Gasteiger partial charge on any atom is -0.206 e. The summed E-state index contributed by atoms with van der Waals surface area (Å²) in [5.41, 5.74) is 0.362. The molecule has 1 aromatic carbocycles. The van der Waals surface area contributed by atoms with E-state index in [1.165, 1.54) is 12.1 Å². The number of nitrogens with one attached hydrogen (secondary N) is 1. The second kappa shape index (κ2) is 5.59. The molecule has 1 aromatic heterocycles. The minimum atomic E-state index is -3.66. The van der Waals surface area contributed by atoms with Gasteiger partial charge in [-0.15, -0.1) is 11.3 Å². The molecule has 1 unspecified atom stereocenters. The Hall–Kier alpha value is -1.31. The van der Waals surface area contributed by atoms with Crippen LogP contribution in [0.1, 0.15) is 23.4 Å². The number of aryl methyl sites for hydroxylation is 1. The molecular weight excluding hydrogens is 304 g/mol. The van der Waals surface area contributed by atoms with E-state index < -0.39 is 27.7 Å². The van der Waals surface area contributed by atoms with Crippen LogP contribution < -0.4 is 4.72 Å². The van der Waals surface area contributed by atoms with E-state index in [4.69, 9.17) is 0 Å². The Balaban J connectivity index is 2.22. The van der Waals surface area contributed by atoms with Gasteiger partial charge in [0.05, 0.1) is 0 Å². The van der Waals surface area contributed by atoms with Gasteiger partial charge < -0.3 is 0 Å². The van der Waals surface area contributed by atoms with Gasteiger partial charge in [-0.2, -0.15) is 0 Å². The van der Waals surface area contributed by atoms with Crippen molar-refractivity contribution in [2.75, 3.05) is 0 Å². The molecule has 0 saturated carbocycles. The Morgan fingerprint density at radius 2 is 1.85 bits per heavy atom. The maximum absolute atomic E-state index is 13.1. The summed E-state index contributed by atoms with van der Waals surface area (Å²) in [5.74, 6) is -1.96. The van der Waals surface area contributed by atoms with Crippen LogP contribution in [0, 0.1) is 18.6 Å². The first-order valence-corrected chi connectivity index (χ1v) is 8.13. The van der Waals surface area contributed by atoms with Gasteiger partial charge >= 0.3 is 0 Å². The summed E-state index contributed by atoms with van der Waals surface area (Å²) in [5, 5.41) is 0. The third-order valence-electron chi connectivity index (χ3n) is 2.76. The molecule has 0 bridgehead atoms. The second-order valence-electron chi connectivity index (χ2n) is 4.38. The third kappa shape index (κ3) is 3.23. The molecule has 0 radical (unpaired) electrons. The molecule has 108 valence electrons. The molecule has 0 saturated heterocycles. The van der Waals surface area contributed by atoms with Crippen molar-refractivity contribution >= 4 is 21.4 Å². The van der Waals surface area contributed by atoms with Crippen LogP contribution in [0.25, 0.3) is 0 Å². The van der Waals surface area contributed by atoms with E-state index >= 15 is 0 Å². The fourth-order valence-corrected chi connectivity index (χ4v) is 4.23. The molecule has 7 heteroatoms. The molecule has 0 aliphatic carbocycles. The van der Waals surface area contributed by atoms with Crippen LogP contribution in [-0.4, -0.2) is 8.42 Å². The molecule has 1 heterocycles. The van der Waals surface area contributed by atoms with Gasteiger partial charge in [0.15, 0.2) is 11.6 Å². The highest BCUT2D eigenvalue weighted by atomic mass is 32.2. The van der Waals surface area contributed by atoms with Crippen LogP contribution >= 0.6 is 11.3 Å². The molecule has 1 N–H and O–H groups in total. The van der Waals surface area contributed by atoms with E-state index in [0.29, 0.717) is 5.56 Å². The first-order valence-electron chi connectivity index (χ1n) is 5.83. The van der Waals surface area contributed by atoms with Crippen molar-refractivity contribution in [3.05, 3.63) is 52.4 Å². The van der Waals surface area contributed by atoms with Gasteiger partial charge in [-0.05, 0) is 43.7 Å². The van der Waals surface area contributed by atoms with Crippen molar-refractivity contribution in [1.29, 1.82) is 0 Å². The molecule has 0 aliphatic heterocycles. The van der Waals surface area contributed by atoms with E-state index in [0.717, 1.165) is 28.3 Å². The first-order chi connectivity index (χ1) is 9.29. The topological polar surface area (TPSA) is 46.2 Å². The summed E-state index contributed by atoms with van der Waals surface area (Å²) in [6.45, 7) is 3.38. The van der Waals surface area contributed by atoms with Gasteiger partial charge in [-0.25, -0.2) is 21.9 Å². The van der Waals surface area contributed by atoms with Crippen molar-refractivity contribution in [2.24, 2.45) is 0 Å². The summed E-state index contributed by atoms with van der Waals surface area (Å²) < 4.78 is 52.9. The maximum atomic E-state index is 13.1. The zero-order valence-corrected chi connectivity index (χ0v) is 12.5. The number of rotatable bonds is 4. The summed E-state index contributed by atoms with van der Waals surface area (Å²) in [6.07, 6.45) is 0. The molecular formula is C13H13F2NO2S2. The predicted octanol–water partition coefficient (Wildman–Crippen LogP) is 3.37. The summed E-state index contributed by atoms with van der Waals surface area (Å²) >= 11 is 1.15.